The molecule has 0 radical (unpaired) electrons. The summed E-state index contributed by atoms with van der Waals surface area (Å²) in [5.74, 6) is 1.39. The molecule has 0 aliphatic carbocycles. The summed E-state index contributed by atoms with van der Waals surface area (Å²) >= 11 is 0. The van der Waals surface area contributed by atoms with E-state index in [4.69, 9.17) is 23.4 Å². The maximum atomic E-state index is 13.2. The monoisotopic (exact) mass is 472 g/mol. The first-order valence-electron chi connectivity index (χ1n) is 10.9. The van der Waals surface area contributed by atoms with Crippen molar-refractivity contribution in [3.8, 4) is 28.4 Å². The molecule has 1 fully saturated rings. The third-order valence-corrected chi connectivity index (χ3v) is 5.91. The number of fused-ring (bicyclic) bond motifs is 2. The number of hydrogen-bond acceptors (Lipinski definition) is 10. The van der Waals surface area contributed by atoms with Gasteiger partial charge in [0.15, 0.2) is 16.9 Å². The summed E-state index contributed by atoms with van der Waals surface area (Å²) < 4.78 is 28.0. The molecule has 4 N–H and O–H groups in total. The van der Waals surface area contributed by atoms with Gasteiger partial charge in [0.05, 0.1) is 30.8 Å². The molecule has 1 saturated heterocycles. The SMILES string of the molecule is O=c1c(-c2ccc3c(c2)OCCCO3)coc2cc(O[C@H]3O[C@@H](CO)[C@@H](O)[C@@H](O)[C@H]3O)ccc12. The molecule has 180 valence electrons. The highest BCUT2D eigenvalue weighted by molar-refractivity contribution is 5.83. The van der Waals surface area contributed by atoms with Crippen LogP contribution in [0.5, 0.6) is 17.2 Å². The Morgan fingerprint density at radius 1 is 0.941 bits per heavy atom. The van der Waals surface area contributed by atoms with E-state index in [1.54, 1.807) is 18.2 Å². The first kappa shape index (κ1) is 22.6. The lowest BCUT2D eigenvalue weighted by molar-refractivity contribution is -0.277. The molecule has 3 heterocycles. The van der Waals surface area contributed by atoms with Crippen molar-refractivity contribution in [1.29, 1.82) is 0 Å². The number of benzene rings is 2. The largest absolute Gasteiger partial charge is 0.490 e. The van der Waals surface area contributed by atoms with Gasteiger partial charge in [-0.2, -0.15) is 0 Å². The standard InChI is InChI=1S/C24H24O10/c25-10-19-21(27)22(28)23(29)24(34-19)33-13-3-4-14-17(9-13)32-11-15(20(14)26)12-2-5-16-18(8-12)31-7-1-6-30-16/h2-5,8-9,11,19,21-25,27-29H,1,6-7,10H2/t19-,21+,22+,23+,24-/m0/s1. The average Bonchev–Trinajstić information content (AvgIpc) is 3.09. The fourth-order valence-electron chi connectivity index (χ4n) is 4.01. The molecular weight excluding hydrogens is 448 g/mol. The molecule has 5 atom stereocenters. The van der Waals surface area contributed by atoms with Gasteiger partial charge in [0.1, 0.15) is 42.0 Å². The van der Waals surface area contributed by atoms with E-state index >= 15 is 0 Å². The highest BCUT2D eigenvalue weighted by Gasteiger charge is 2.44. The summed E-state index contributed by atoms with van der Waals surface area (Å²) in [5, 5.41) is 39.6. The smallest absolute Gasteiger partial charge is 0.229 e. The van der Waals surface area contributed by atoms with Crippen molar-refractivity contribution in [3.05, 3.63) is 52.9 Å². The quantitative estimate of drug-likeness (QED) is 0.430. The van der Waals surface area contributed by atoms with E-state index in [-0.39, 0.29) is 16.8 Å². The van der Waals surface area contributed by atoms with Crippen LogP contribution in [0.1, 0.15) is 6.42 Å². The molecule has 10 nitrogen and oxygen atoms in total. The van der Waals surface area contributed by atoms with Crippen LogP contribution in [0.4, 0.5) is 0 Å². The zero-order valence-corrected chi connectivity index (χ0v) is 18.0. The summed E-state index contributed by atoms with van der Waals surface area (Å²) in [6.07, 6.45) is -4.93. The Labute approximate surface area is 193 Å². The van der Waals surface area contributed by atoms with Gasteiger partial charge >= 0.3 is 0 Å². The molecule has 2 aliphatic rings. The molecular formula is C24H24O10. The van der Waals surface area contributed by atoms with Crippen molar-refractivity contribution in [1.82, 2.24) is 0 Å². The number of hydrogen-bond donors (Lipinski definition) is 4. The van der Waals surface area contributed by atoms with Gasteiger partial charge in [-0.1, -0.05) is 6.07 Å². The van der Waals surface area contributed by atoms with E-state index < -0.39 is 37.3 Å². The van der Waals surface area contributed by atoms with Crippen LogP contribution in [0.3, 0.4) is 0 Å². The maximum Gasteiger partial charge on any atom is 0.229 e. The summed E-state index contributed by atoms with van der Waals surface area (Å²) in [6, 6.07) is 9.75. The minimum absolute atomic E-state index is 0.198. The minimum Gasteiger partial charge on any atom is -0.490 e. The summed E-state index contributed by atoms with van der Waals surface area (Å²) in [7, 11) is 0. The van der Waals surface area contributed by atoms with Crippen LogP contribution >= 0.6 is 0 Å². The Hall–Kier alpha value is -3.15. The Morgan fingerprint density at radius 3 is 2.53 bits per heavy atom. The Kier molecular flexibility index (Phi) is 6.15. The number of ether oxygens (including phenoxy) is 4. The normalized spacial score (nSPS) is 26.8. The Bertz CT molecular complexity index is 1240. The van der Waals surface area contributed by atoms with Gasteiger partial charge in [-0.3, -0.25) is 4.79 Å². The highest BCUT2D eigenvalue weighted by Crippen LogP contribution is 2.34. The van der Waals surface area contributed by atoms with Crippen LogP contribution in [0.15, 0.2) is 51.9 Å². The molecule has 34 heavy (non-hydrogen) atoms. The molecule has 0 unspecified atom stereocenters. The van der Waals surface area contributed by atoms with E-state index in [0.29, 0.717) is 41.2 Å². The van der Waals surface area contributed by atoms with Crippen LogP contribution < -0.4 is 19.6 Å². The van der Waals surface area contributed by atoms with Crippen molar-refractivity contribution in [2.45, 2.75) is 37.1 Å². The van der Waals surface area contributed by atoms with Crippen LogP contribution in [0, 0.1) is 0 Å². The molecule has 0 spiro atoms. The van der Waals surface area contributed by atoms with Gasteiger partial charge in [0.25, 0.3) is 0 Å². The first-order valence-corrected chi connectivity index (χ1v) is 10.9. The van der Waals surface area contributed by atoms with Crippen LogP contribution in [0.25, 0.3) is 22.1 Å². The van der Waals surface area contributed by atoms with Crippen LogP contribution in [0.2, 0.25) is 0 Å². The predicted molar refractivity (Wildman–Crippen MR) is 118 cm³/mol. The second-order valence-electron chi connectivity index (χ2n) is 8.16. The van der Waals surface area contributed by atoms with Crippen molar-refractivity contribution in [2.24, 2.45) is 0 Å². The third kappa shape index (κ3) is 4.10. The molecule has 5 rings (SSSR count). The summed E-state index contributed by atoms with van der Waals surface area (Å²) in [5.41, 5.74) is 0.965. The maximum absolute atomic E-state index is 13.2. The fourth-order valence-corrected chi connectivity index (χ4v) is 4.01. The molecule has 3 aromatic rings. The van der Waals surface area contributed by atoms with Crippen molar-refractivity contribution in [2.75, 3.05) is 19.8 Å². The number of aliphatic hydroxyl groups excluding tert-OH is 4. The first-order chi connectivity index (χ1) is 16.5. The van der Waals surface area contributed by atoms with Gasteiger partial charge in [-0.05, 0) is 29.8 Å². The zero-order chi connectivity index (χ0) is 23.8. The zero-order valence-electron chi connectivity index (χ0n) is 18.0. The number of rotatable bonds is 4. The lowest BCUT2D eigenvalue weighted by Crippen LogP contribution is -2.60. The molecule has 0 bridgehead atoms. The van der Waals surface area contributed by atoms with E-state index in [0.717, 1.165) is 6.42 Å². The Balaban J connectivity index is 1.42. The van der Waals surface area contributed by atoms with Crippen LogP contribution in [-0.2, 0) is 4.74 Å². The van der Waals surface area contributed by atoms with Gasteiger partial charge in [0.2, 0.25) is 6.29 Å². The second-order valence-corrected chi connectivity index (χ2v) is 8.16. The molecule has 2 aromatic carbocycles. The van der Waals surface area contributed by atoms with E-state index in [2.05, 4.69) is 0 Å². The van der Waals surface area contributed by atoms with Crippen molar-refractivity contribution >= 4 is 11.0 Å². The lowest BCUT2D eigenvalue weighted by Gasteiger charge is -2.39. The summed E-state index contributed by atoms with van der Waals surface area (Å²) in [4.78, 5) is 13.2. The number of aliphatic hydroxyl groups is 4. The van der Waals surface area contributed by atoms with Crippen molar-refractivity contribution < 1.29 is 43.8 Å². The Morgan fingerprint density at radius 2 is 1.74 bits per heavy atom. The topological polar surface area (TPSA) is 148 Å². The summed E-state index contributed by atoms with van der Waals surface area (Å²) in [6.45, 7) is 0.526. The van der Waals surface area contributed by atoms with Gasteiger partial charge < -0.3 is 43.8 Å². The third-order valence-electron chi connectivity index (χ3n) is 5.91. The molecule has 0 saturated carbocycles. The average molecular weight is 472 g/mol. The molecule has 2 aliphatic heterocycles. The predicted octanol–water partition coefficient (Wildman–Crippen LogP) is 0.800. The van der Waals surface area contributed by atoms with E-state index in [1.807, 2.05) is 0 Å². The van der Waals surface area contributed by atoms with Gasteiger partial charge in [0, 0.05) is 12.5 Å². The van der Waals surface area contributed by atoms with Crippen molar-refractivity contribution in [3.63, 3.8) is 0 Å². The van der Waals surface area contributed by atoms with Gasteiger partial charge in [-0.15, -0.1) is 0 Å². The molecule has 10 heteroatoms. The second kappa shape index (κ2) is 9.24. The lowest BCUT2D eigenvalue weighted by atomic mass is 9.99. The highest BCUT2D eigenvalue weighted by atomic mass is 16.7. The minimum atomic E-state index is -1.56. The molecule has 1 aromatic heterocycles. The fraction of sp³-hybridized carbons (Fsp3) is 0.375. The van der Waals surface area contributed by atoms with Crippen LogP contribution in [-0.4, -0.2) is 71.0 Å². The molecule has 0 amide bonds. The van der Waals surface area contributed by atoms with E-state index in [1.165, 1.54) is 24.5 Å². The van der Waals surface area contributed by atoms with Gasteiger partial charge in [-0.25, -0.2) is 0 Å². The van der Waals surface area contributed by atoms with E-state index in [9.17, 15) is 25.2 Å².